The summed E-state index contributed by atoms with van der Waals surface area (Å²) in [6.45, 7) is 3.13. The summed E-state index contributed by atoms with van der Waals surface area (Å²) < 4.78 is 27.5. The second kappa shape index (κ2) is 6.17. The molecular formula is C14H19F2N3O. The maximum absolute atomic E-state index is 13.8. The average Bonchev–Trinajstić information content (AvgIpc) is 2.38. The van der Waals surface area contributed by atoms with Crippen molar-refractivity contribution >= 4 is 6.03 Å². The van der Waals surface area contributed by atoms with Crippen LogP contribution in [0.1, 0.15) is 31.4 Å². The number of carbonyl (C=O) groups excluding carboxylic acids is 1. The molecule has 1 heterocycles. The first-order chi connectivity index (χ1) is 9.49. The van der Waals surface area contributed by atoms with Gasteiger partial charge in [0, 0.05) is 30.7 Å². The number of piperidine rings is 1. The molecule has 1 unspecified atom stereocenters. The monoisotopic (exact) mass is 283 g/mol. The summed E-state index contributed by atoms with van der Waals surface area (Å²) in [5, 5.41) is 2.67. The van der Waals surface area contributed by atoms with Crippen LogP contribution in [0.3, 0.4) is 0 Å². The Labute approximate surface area is 116 Å². The van der Waals surface area contributed by atoms with Crippen LogP contribution in [0.15, 0.2) is 18.2 Å². The summed E-state index contributed by atoms with van der Waals surface area (Å²) in [5.74, 6) is -1.04. The number of amides is 2. The third kappa shape index (κ3) is 3.25. The molecule has 3 N–H and O–H groups in total. The van der Waals surface area contributed by atoms with Crippen LogP contribution in [0.5, 0.6) is 0 Å². The molecule has 6 heteroatoms. The Morgan fingerprint density at radius 3 is 2.40 bits per heavy atom. The maximum Gasteiger partial charge on any atom is 0.312 e. The van der Waals surface area contributed by atoms with E-state index in [1.807, 2.05) is 4.90 Å². The minimum absolute atomic E-state index is 0.0430. The fourth-order valence-electron chi connectivity index (χ4n) is 2.72. The van der Waals surface area contributed by atoms with Crippen molar-refractivity contribution in [1.29, 1.82) is 0 Å². The lowest BCUT2D eigenvalue weighted by Crippen LogP contribution is -2.47. The Balaban J connectivity index is 2.01. The van der Waals surface area contributed by atoms with Crippen molar-refractivity contribution < 1.29 is 13.6 Å². The van der Waals surface area contributed by atoms with Crippen LogP contribution in [-0.4, -0.2) is 30.1 Å². The van der Waals surface area contributed by atoms with Crippen LogP contribution in [-0.2, 0) is 0 Å². The van der Waals surface area contributed by atoms with Gasteiger partial charge in [-0.15, -0.1) is 0 Å². The first-order valence-corrected chi connectivity index (χ1v) is 6.73. The van der Waals surface area contributed by atoms with Crippen molar-refractivity contribution in [1.82, 2.24) is 10.2 Å². The van der Waals surface area contributed by atoms with E-state index in [9.17, 15) is 13.6 Å². The van der Waals surface area contributed by atoms with Gasteiger partial charge in [0.25, 0.3) is 0 Å². The van der Waals surface area contributed by atoms with Crippen molar-refractivity contribution in [2.24, 2.45) is 5.73 Å². The van der Waals surface area contributed by atoms with Gasteiger partial charge < -0.3 is 11.1 Å². The van der Waals surface area contributed by atoms with Gasteiger partial charge in [0.1, 0.15) is 11.6 Å². The van der Waals surface area contributed by atoms with Gasteiger partial charge in [0.05, 0.1) is 0 Å². The number of benzene rings is 1. The van der Waals surface area contributed by atoms with Crippen LogP contribution in [0, 0.1) is 11.6 Å². The van der Waals surface area contributed by atoms with E-state index in [2.05, 4.69) is 5.32 Å². The molecule has 0 radical (unpaired) electrons. The highest BCUT2D eigenvalue weighted by Gasteiger charge is 2.27. The molecule has 1 fully saturated rings. The number of hydrogen-bond acceptors (Lipinski definition) is 2. The SMILES string of the molecule is CC(c1c(F)cccc1F)N1CCC(NC(N)=O)CC1. The van der Waals surface area contributed by atoms with Gasteiger partial charge >= 0.3 is 6.03 Å². The molecule has 1 atom stereocenters. The highest BCUT2D eigenvalue weighted by Crippen LogP contribution is 2.28. The number of carbonyl (C=O) groups is 1. The summed E-state index contributed by atoms with van der Waals surface area (Å²) in [5.41, 5.74) is 5.19. The zero-order valence-electron chi connectivity index (χ0n) is 11.4. The van der Waals surface area contributed by atoms with Crippen molar-refractivity contribution in [2.45, 2.75) is 31.8 Å². The predicted octanol–water partition coefficient (Wildman–Crippen LogP) is 2.16. The molecule has 2 amide bonds. The Hall–Kier alpha value is -1.69. The number of nitrogens with one attached hydrogen (secondary N) is 1. The average molecular weight is 283 g/mol. The summed E-state index contributed by atoms with van der Waals surface area (Å²) in [6.07, 6.45) is 1.45. The molecule has 1 saturated heterocycles. The molecule has 110 valence electrons. The molecule has 1 aliphatic heterocycles. The second-order valence-electron chi connectivity index (χ2n) is 5.13. The van der Waals surface area contributed by atoms with Crippen molar-refractivity contribution in [2.75, 3.05) is 13.1 Å². The first-order valence-electron chi connectivity index (χ1n) is 6.73. The Kier molecular flexibility index (Phi) is 4.54. The van der Waals surface area contributed by atoms with Crippen LogP contribution in [0.25, 0.3) is 0 Å². The molecule has 4 nitrogen and oxygen atoms in total. The van der Waals surface area contributed by atoms with Gasteiger partial charge in [-0.3, -0.25) is 4.90 Å². The molecule has 1 aliphatic rings. The summed E-state index contributed by atoms with van der Waals surface area (Å²) >= 11 is 0. The molecular weight excluding hydrogens is 264 g/mol. The number of nitrogens with zero attached hydrogens (tertiary/aromatic N) is 1. The van der Waals surface area contributed by atoms with Gasteiger partial charge in [-0.25, -0.2) is 13.6 Å². The molecule has 0 spiro atoms. The van der Waals surface area contributed by atoms with Crippen molar-refractivity contribution in [3.8, 4) is 0 Å². The van der Waals surface area contributed by atoms with E-state index in [-0.39, 0.29) is 17.6 Å². The number of likely N-dealkylation sites (tertiary alicyclic amines) is 1. The van der Waals surface area contributed by atoms with Crippen LogP contribution in [0.2, 0.25) is 0 Å². The number of hydrogen-bond donors (Lipinski definition) is 2. The topological polar surface area (TPSA) is 58.4 Å². The minimum atomic E-state index is -0.531. The van der Waals surface area contributed by atoms with Gasteiger partial charge in [-0.1, -0.05) is 6.07 Å². The summed E-state index contributed by atoms with van der Waals surface area (Å²) in [7, 11) is 0. The quantitative estimate of drug-likeness (QED) is 0.893. The molecule has 0 aromatic heterocycles. The number of primary amides is 1. The molecule has 20 heavy (non-hydrogen) atoms. The van der Waals surface area contributed by atoms with E-state index in [0.29, 0.717) is 13.1 Å². The normalized spacial score (nSPS) is 18.8. The largest absolute Gasteiger partial charge is 0.352 e. The number of rotatable bonds is 3. The van der Waals surface area contributed by atoms with E-state index >= 15 is 0 Å². The molecule has 0 saturated carbocycles. The van der Waals surface area contributed by atoms with E-state index in [0.717, 1.165) is 12.8 Å². The number of halogens is 2. The van der Waals surface area contributed by atoms with E-state index in [4.69, 9.17) is 5.73 Å². The lowest BCUT2D eigenvalue weighted by atomic mass is 9.99. The molecule has 0 aliphatic carbocycles. The van der Waals surface area contributed by atoms with Crippen molar-refractivity contribution in [3.63, 3.8) is 0 Å². The highest BCUT2D eigenvalue weighted by atomic mass is 19.1. The fraction of sp³-hybridized carbons (Fsp3) is 0.500. The number of nitrogens with two attached hydrogens (primary N) is 1. The van der Waals surface area contributed by atoms with Gasteiger partial charge in [-0.05, 0) is 31.9 Å². The summed E-state index contributed by atoms with van der Waals surface area (Å²) in [6, 6.07) is 3.10. The first kappa shape index (κ1) is 14.7. The van der Waals surface area contributed by atoms with E-state index in [1.54, 1.807) is 6.92 Å². The van der Waals surface area contributed by atoms with Crippen LogP contribution >= 0.6 is 0 Å². The van der Waals surface area contributed by atoms with Gasteiger partial charge in [0.15, 0.2) is 0 Å². The third-order valence-corrected chi connectivity index (χ3v) is 3.84. The number of urea groups is 1. The van der Waals surface area contributed by atoms with Gasteiger partial charge in [-0.2, -0.15) is 0 Å². The summed E-state index contributed by atoms with van der Waals surface area (Å²) in [4.78, 5) is 12.8. The lowest BCUT2D eigenvalue weighted by Gasteiger charge is -2.36. The smallest absolute Gasteiger partial charge is 0.312 e. The van der Waals surface area contributed by atoms with Crippen LogP contribution in [0.4, 0.5) is 13.6 Å². The molecule has 1 aromatic carbocycles. The Morgan fingerprint density at radius 1 is 1.35 bits per heavy atom. The molecule has 0 bridgehead atoms. The Bertz CT molecular complexity index is 467. The van der Waals surface area contributed by atoms with E-state index < -0.39 is 17.7 Å². The second-order valence-corrected chi connectivity index (χ2v) is 5.13. The van der Waals surface area contributed by atoms with Crippen LogP contribution < -0.4 is 11.1 Å². The standard InChI is InChI=1S/C14H19F2N3O/c1-9(13-11(15)3-2-4-12(13)16)19-7-5-10(6-8-19)18-14(17)20/h2-4,9-10H,5-8H2,1H3,(H3,17,18,20). The minimum Gasteiger partial charge on any atom is -0.352 e. The van der Waals surface area contributed by atoms with E-state index in [1.165, 1.54) is 18.2 Å². The Morgan fingerprint density at radius 2 is 1.90 bits per heavy atom. The lowest BCUT2D eigenvalue weighted by molar-refractivity contribution is 0.149. The highest BCUT2D eigenvalue weighted by molar-refractivity contribution is 5.71. The fourth-order valence-corrected chi connectivity index (χ4v) is 2.72. The predicted molar refractivity (Wildman–Crippen MR) is 72.1 cm³/mol. The zero-order valence-corrected chi connectivity index (χ0v) is 11.4. The zero-order chi connectivity index (χ0) is 14.7. The van der Waals surface area contributed by atoms with Crippen molar-refractivity contribution in [3.05, 3.63) is 35.4 Å². The van der Waals surface area contributed by atoms with Gasteiger partial charge in [0.2, 0.25) is 0 Å². The molecule has 1 aromatic rings. The third-order valence-electron chi connectivity index (χ3n) is 3.84. The molecule has 2 rings (SSSR count). The maximum atomic E-state index is 13.8.